The molecular formula is C18H22O4. The van der Waals surface area contributed by atoms with Crippen LogP contribution in [0.4, 0.5) is 0 Å². The molecule has 2 aromatic rings. The molecule has 4 heteroatoms. The van der Waals surface area contributed by atoms with Crippen LogP contribution >= 0.6 is 0 Å². The minimum Gasteiger partial charge on any atom is -0.460 e. The highest BCUT2D eigenvalue weighted by molar-refractivity contribution is 6.02. The lowest BCUT2D eigenvalue weighted by atomic mass is 10.0. The molecule has 0 aliphatic carbocycles. The third-order valence-corrected chi connectivity index (χ3v) is 3.46. The molecule has 1 aromatic heterocycles. The summed E-state index contributed by atoms with van der Waals surface area (Å²) >= 11 is 0. The Labute approximate surface area is 131 Å². The van der Waals surface area contributed by atoms with Crippen molar-refractivity contribution in [1.82, 2.24) is 0 Å². The summed E-state index contributed by atoms with van der Waals surface area (Å²) in [6, 6.07) is 9.75. The fourth-order valence-electron chi connectivity index (χ4n) is 2.50. The summed E-state index contributed by atoms with van der Waals surface area (Å²) in [6.07, 6.45) is -0.881. The molecule has 22 heavy (non-hydrogen) atoms. The van der Waals surface area contributed by atoms with Gasteiger partial charge in [-0.05, 0) is 27.7 Å². The maximum Gasteiger partial charge on any atom is 0.222 e. The van der Waals surface area contributed by atoms with E-state index in [2.05, 4.69) is 0 Å². The molecule has 0 aliphatic rings. The Morgan fingerprint density at radius 3 is 2.23 bits per heavy atom. The number of hydrogen-bond acceptors (Lipinski definition) is 4. The van der Waals surface area contributed by atoms with E-state index in [0.717, 1.165) is 11.1 Å². The quantitative estimate of drug-likeness (QED) is 0.569. The van der Waals surface area contributed by atoms with Gasteiger partial charge in [0.05, 0.1) is 5.56 Å². The van der Waals surface area contributed by atoms with Crippen molar-refractivity contribution < 1.29 is 18.7 Å². The van der Waals surface area contributed by atoms with E-state index in [0.29, 0.717) is 30.3 Å². The first-order valence-corrected chi connectivity index (χ1v) is 7.52. The van der Waals surface area contributed by atoms with E-state index in [1.807, 2.05) is 51.1 Å². The number of carbonyl (C=O) groups excluding carboxylic acids is 1. The normalized spacial score (nSPS) is 11.1. The first kappa shape index (κ1) is 16.5. The molecule has 4 nitrogen and oxygen atoms in total. The van der Waals surface area contributed by atoms with E-state index < -0.39 is 6.29 Å². The van der Waals surface area contributed by atoms with Crippen molar-refractivity contribution in [2.75, 3.05) is 13.2 Å². The van der Waals surface area contributed by atoms with Crippen molar-refractivity contribution in [3.8, 4) is 11.3 Å². The molecule has 0 aliphatic heterocycles. The summed E-state index contributed by atoms with van der Waals surface area (Å²) in [6.45, 7) is 8.19. The smallest absolute Gasteiger partial charge is 0.222 e. The lowest BCUT2D eigenvalue weighted by Crippen LogP contribution is -2.28. The molecule has 0 fully saturated rings. The lowest BCUT2D eigenvalue weighted by molar-refractivity contribution is -0.107. The number of carbonyl (C=O) groups is 1. The van der Waals surface area contributed by atoms with Crippen LogP contribution < -0.4 is 0 Å². The van der Waals surface area contributed by atoms with Gasteiger partial charge in [0.1, 0.15) is 11.5 Å². The lowest BCUT2D eigenvalue weighted by Gasteiger charge is -2.15. The Morgan fingerprint density at radius 2 is 1.68 bits per heavy atom. The van der Waals surface area contributed by atoms with Gasteiger partial charge >= 0.3 is 0 Å². The molecule has 0 unspecified atom stereocenters. The molecule has 0 atom stereocenters. The monoisotopic (exact) mass is 302 g/mol. The largest absolute Gasteiger partial charge is 0.460 e. The minimum atomic E-state index is -0.881. The van der Waals surface area contributed by atoms with Crippen LogP contribution in [-0.4, -0.2) is 25.3 Å². The van der Waals surface area contributed by atoms with E-state index in [4.69, 9.17) is 13.9 Å². The van der Waals surface area contributed by atoms with Gasteiger partial charge in [-0.15, -0.1) is 0 Å². The zero-order valence-electron chi connectivity index (χ0n) is 13.5. The third kappa shape index (κ3) is 3.29. The molecule has 1 heterocycles. The number of benzene rings is 1. The van der Waals surface area contributed by atoms with E-state index in [1.165, 1.54) is 0 Å². The van der Waals surface area contributed by atoms with Crippen molar-refractivity contribution >= 4 is 5.78 Å². The number of rotatable bonds is 7. The summed E-state index contributed by atoms with van der Waals surface area (Å²) < 4.78 is 16.6. The van der Waals surface area contributed by atoms with Gasteiger partial charge in [-0.2, -0.15) is 0 Å². The number of Topliss-reactive ketones (excluding diaryl/α,β-unsaturated/α-hetero) is 1. The molecule has 118 valence electrons. The van der Waals surface area contributed by atoms with Gasteiger partial charge < -0.3 is 13.9 Å². The highest BCUT2D eigenvalue weighted by Crippen LogP contribution is 2.31. The average Bonchev–Trinajstić information content (AvgIpc) is 2.82. The first-order valence-electron chi connectivity index (χ1n) is 7.52. The van der Waals surface area contributed by atoms with Crippen LogP contribution in [0.25, 0.3) is 11.3 Å². The van der Waals surface area contributed by atoms with Crippen LogP contribution in [-0.2, 0) is 9.47 Å². The predicted octanol–water partition coefficient (Wildman–Crippen LogP) is 4.15. The number of aryl methyl sites for hydroxylation is 1. The Kier molecular flexibility index (Phi) is 5.52. The fourth-order valence-corrected chi connectivity index (χ4v) is 2.50. The maximum absolute atomic E-state index is 12.7. The summed E-state index contributed by atoms with van der Waals surface area (Å²) in [5.74, 6) is 1.11. The minimum absolute atomic E-state index is 0.190. The highest BCUT2D eigenvalue weighted by Gasteiger charge is 2.28. The second-order valence-electron chi connectivity index (χ2n) is 4.96. The molecule has 0 amide bonds. The summed E-state index contributed by atoms with van der Waals surface area (Å²) in [5, 5.41) is 0. The number of furan rings is 1. The molecule has 0 saturated carbocycles. The molecule has 1 aromatic carbocycles. The number of hydrogen-bond donors (Lipinski definition) is 0. The van der Waals surface area contributed by atoms with Gasteiger partial charge in [-0.3, -0.25) is 4.79 Å². The summed E-state index contributed by atoms with van der Waals surface area (Å²) in [7, 11) is 0. The summed E-state index contributed by atoms with van der Waals surface area (Å²) in [5.41, 5.74) is 2.32. The standard InChI is InChI=1S/C18H22O4/c1-5-20-18(21-6-2)16(19)15-12(3)17(22-13(15)4)14-10-8-7-9-11-14/h7-11,18H,5-6H2,1-4H3. The van der Waals surface area contributed by atoms with Gasteiger partial charge in [0, 0.05) is 24.3 Å². The van der Waals surface area contributed by atoms with Crippen LogP contribution in [0.5, 0.6) is 0 Å². The van der Waals surface area contributed by atoms with Crippen molar-refractivity contribution in [2.45, 2.75) is 34.0 Å². The summed E-state index contributed by atoms with van der Waals surface area (Å²) in [4.78, 5) is 12.7. The molecule has 0 bridgehead atoms. The molecule has 0 N–H and O–H groups in total. The van der Waals surface area contributed by atoms with E-state index >= 15 is 0 Å². The van der Waals surface area contributed by atoms with E-state index in [1.54, 1.807) is 6.92 Å². The van der Waals surface area contributed by atoms with Crippen LogP contribution in [0.2, 0.25) is 0 Å². The topological polar surface area (TPSA) is 48.7 Å². The highest BCUT2D eigenvalue weighted by atomic mass is 16.7. The van der Waals surface area contributed by atoms with Crippen molar-refractivity contribution in [2.24, 2.45) is 0 Å². The van der Waals surface area contributed by atoms with Crippen molar-refractivity contribution in [3.63, 3.8) is 0 Å². The molecule has 0 saturated heterocycles. The van der Waals surface area contributed by atoms with E-state index in [9.17, 15) is 4.79 Å². The predicted molar refractivity (Wildman–Crippen MR) is 85.0 cm³/mol. The van der Waals surface area contributed by atoms with E-state index in [-0.39, 0.29) is 5.78 Å². The Balaban J connectivity index is 2.40. The van der Waals surface area contributed by atoms with Crippen LogP contribution in [0.15, 0.2) is 34.7 Å². The van der Waals surface area contributed by atoms with Gasteiger partial charge in [0.25, 0.3) is 0 Å². The number of ketones is 1. The average molecular weight is 302 g/mol. The van der Waals surface area contributed by atoms with Crippen LogP contribution in [0.3, 0.4) is 0 Å². The zero-order chi connectivity index (χ0) is 16.1. The number of ether oxygens (including phenoxy) is 2. The van der Waals surface area contributed by atoms with Crippen LogP contribution in [0.1, 0.15) is 35.5 Å². The maximum atomic E-state index is 12.7. The molecular weight excluding hydrogens is 280 g/mol. The van der Waals surface area contributed by atoms with Crippen LogP contribution in [0, 0.1) is 13.8 Å². The van der Waals surface area contributed by atoms with Gasteiger partial charge in [0.15, 0.2) is 0 Å². The van der Waals surface area contributed by atoms with Crippen molar-refractivity contribution in [1.29, 1.82) is 0 Å². The fraction of sp³-hybridized carbons (Fsp3) is 0.389. The second kappa shape index (κ2) is 7.38. The Morgan fingerprint density at radius 1 is 1.09 bits per heavy atom. The van der Waals surface area contributed by atoms with Crippen molar-refractivity contribution in [3.05, 3.63) is 47.2 Å². The van der Waals surface area contributed by atoms with Gasteiger partial charge in [-0.25, -0.2) is 0 Å². The molecule has 0 spiro atoms. The van der Waals surface area contributed by atoms with Gasteiger partial charge in [-0.1, -0.05) is 30.3 Å². The SMILES string of the molecule is CCOC(OCC)C(=O)c1c(C)oc(-c2ccccc2)c1C. The third-order valence-electron chi connectivity index (χ3n) is 3.46. The van der Waals surface area contributed by atoms with Gasteiger partial charge in [0.2, 0.25) is 12.1 Å². The molecule has 0 radical (unpaired) electrons. The first-order chi connectivity index (χ1) is 10.6. The Bertz CT molecular complexity index is 622. The zero-order valence-corrected chi connectivity index (χ0v) is 13.5. The molecule has 2 rings (SSSR count). The Hall–Kier alpha value is -1.91. The second-order valence-corrected chi connectivity index (χ2v) is 4.96.